The molecule has 1 N–H and O–H groups in total. The average Bonchev–Trinajstić information content (AvgIpc) is 2.60. The van der Waals surface area contributed by atoms with Crippen LogP contribution in [0.1, 0.15) is 36.8 Å². The van der Waals surface area contributed by atoms with Crippen LogP contribution >= 0.6 is 0 Å². The Hall–Kier alpha value is -1.93. The van der Waals surface area contributed by atoms with Crippen LogP contribution < -0.4 is 0 Å². The number of amides is 1. The second-order valence-corrected chi connectivity index (χ2v) is 9.58. The first-order valence-corrected chi connectivity index (χ1v) is 10.7. The zero-order chi connectivity index (χ0) is 19.8. The molecule has 7 nitrogen and oxygen atoms in total. The van der Waals surface area contributed by atoms with E-state index in [1.54, 1.807) is 23.1 Å². The highest BCUT2D eigenvalue weighted by Gasteiger charge is 2.47. The number of hydrogen-bond acceptors (Lipinski definition) is 4. The van der Waals surface area contributed by atoms with Crippen molar-refractivity contribution in [1.29, 1.82) is 0 Å². The van der Waals surface area contributed by atoms with Crippen LogP contribution in [0.4, 0.5) is 0 Å². The SMILES string of the molecule is Cc1ccc(S(=O)(=O)N2CCN(C(=O)CC3(C(=O)O)CCC3)CC2)cc1C. The van der Waals surface area contributed by atoms with E-state index in [1.807, 2.05) is 13.8 Å². The van der Waals surface area contributed by atoms with Gasteiger partial charge in [0.25, 0.3) is 0 Å². The predicted octanol–water partition coefficient (Wildman–Crippen LogP) is 1.78. The van der Waals surface area contributed by atoms with Crippen molar-refractivity contribution >= 4 is 21.9 Å². The summed E-state index contributed by atoms with van der Waals surface area (Å²) in [5.74, 6) is -1.10. The molecule has 8 heteroatoms. The molecular formula is C19H26N2O5S. The second kappa shape index (κ2) is 7.24. The smallest absolute Gasteiger partial charge is 0.310 e. The Morgan fingerprint density at radius 2 is 1.70 bits per heavy atom. The number of carbonyl (C=O) groups is 2. The molecule has 1 aromatic rings. The Morgan fingerprint density at radius 1 is 1.07 bits per heavy atom. The van der Waals surface area contributed by atoms with E-state index in [0.717, 1.165) is 17.5 Å². The zero-order valence-electron chi connectivity index (χ0n) is 15.8. The van der Waals surface area contributed by atoms with Crippen molar-refractivity contribution in [1.82, 2.24) is 9.21 Å². The third-order valence-corrected chi connectivity index (χ3v) is 7.86. The zero-order valence-corrected chi connectivity index (χ0v) is 16.6. The minimum Gasteiger partial charge on any atom is -0.481 e. The van der Waals surface area contributed by atoms with Gasteiger partial charge in [-0.05, 0) is 49.9 Å². The molecule has 1 amide bonds. The Morgan fingerprint density at radius 3 is 2.19 bits per heavy atom. The lowest BCUT2D eigenvalue weighted by atomic mass is 9.66. The lowest BCUT2D eigenvalue weighted by Crippen LogP contribution is -2.52. The van der Waals surface area contributed by atoms with Crippen LogP contribution in [-0.4, -0.2) is 60.8 Å². The lowest BCUT2D eigenvalue weighted by Gasteiger charge is -2.40. The van der Waals surface area contributed by atoms with Gasteiger partial charge in [-0.2, -0.15) is 4.31 Å². The first kappa shape index (κ1) is 19.8. The average molecular weight is 394 g/mol. The molecule has 0 atom stereocenters. The highest BCUT2D eigenvalue weighted by Crippen LogP contribution is 2.44. The summed E-state index contributed by atoms with van der Waals surface area (Å²) in [7, 11) is -3.59. The van der Waals surface area contributed by atoms with Crippen LogP contribution in [0, 0.1) is 19.3 Å². The molecule has 1 aliphatic carbocycles. The molecule has 27 heavy (non-hydrogen) atoms. The van der Waals surface area contributed by atoms with Crippen molar-refractivity contribution < 1.29 is 23.1 Å². The fraction of sp³-hybridized carbons (Fsp3) is 0.579. The second-order valence-electron chi connectivity index (χ2n) is 7.65. The van der Waals surface area contributed by atoms with Gasteiger partial charge in [-0.15, -0.1) is 0 Å². The van der Waals surface area contributed by atoms with E-state index in [2.05, 4.69) is 0 Å². The first-order valence-electron chi connectivity index (χ1n) is 9.24. The van der Waals surface area contributed by atoms with Crippen molar-refractivity contribution in [2.24, 2.45) is 5.41 Å². The van der Waals surface area contributed by atoms with E-state index < -0.39 is 21.4 Å². The molecule has 1 saturated heterocycles. The van der Waals surface area contributed by atoms with Gasteiger partial charge < -0.3 is 10.0 Å². The van der Waals surface area contributed by atoms with Gasteiger partial charge >= 0.3 is 5.97 Å². The summed E-state index contributed by atoms with van der Waals surface area (Å²) in [5.41, 5.74) is 1.04. The first-order chi connectivity index (χ1) is 12.7. The van der Waals surface area contributed by atoms with Crippen LogP contribution in [0.25, 0.3) is 0 Å². The molecule has 0 spiro atoms. The molecule has 1 aromatic carbocycles. The highest BCUT2D eigenvalue weighted by atomic mass is 32.2. The fourth-order valence-corrected chi connectivity index (χ4v) is 5.18. The molecule has 1 heterocycles. The quantitative estimate of drug-likeness (QED) is 0.821. The van der Waals surface area contributed by atoms with Gasteiger partial charge in [0.15, 0.2) is 0 Å². The van der Waals surface area contributed by atoms with Gasteiger partial charge in [-0.1, -0.05) is 12.5 Å². The number of rotatable bonds is 5. The Balaban J connectivity index is 1.63. The van der Waals surface area contributed by atoms with Crippen LogP contribution in [0.2, 0.25) is 0 Å². The maximum atomic E-state index is 12.8. The normalized spacial score (nSPS) is 20.1. The van der Waals surface area contributed by atoms with Gasteiger partial charge in [-0.3, -0.25) is 9.59 Å². The van der Waals surface area contributed by atoms with E-state index in [1.165, 1.54) is 4.31 Å². The fourth-order valence-electron chi connectivity index (χ4n) is 3.67. The Bertz CT molecular complexity index is 853. The molecule has 1 saturated carbocycles. The molecule has 1 aliphatic heterocycles. The van der Waals surface area contributed by atoms with Crippen molar-refractivity contribution in [2.75, 3.05) is 26.2 Å². The Kier molecular flexibility index (Phi) is 5.31. The number of benzene rings is 1. The Labute approximate surface area is 160 Å². The summed E-state index contributed by atoms with van der Waals surface area (Å²) in [4.78, 5) is 25.8. The number of carboxylic acid groups (broad SMARTS) is 1. The number of aryl methyl sites for hydroxylation is 2. The number of hydrogen-bond donors (Lipinski definition) is 1. The summed E-state index contributed by atoms with van der Waals surface area (Å²) in [6, 6.07) is 5.09. The highest BCUT2D eigenvalue weighted by molar-refractivity contribution is 7.89. The van der Waals surface area contributed by atoms with Gasteiger partial charge in [0, 0.05) is 32.6 Å². The van der Waals surface area contributed by atoms with Crippen LogP contribution in [-0.2, 0) is 19.6 Å². The van der Waals surface area contributed by atoms with Crippen LogP contribution in [0.15, 0.2) is 23.1 Å². The van der Waals surface area contributed by atoms with E-state index in [4.69, 9.17) is 0 Å². The summed E-state index contributed by atoms with van der Waals surface area (Å²) in [6.45, 7) is 4.84. The monoisotopic (exact) mass is 394 g/mol. The molecular weight excluding hydrogens is 368 g/mol. The number of carbonyl (C=O) groups excluding carboxylic acids is 1. The predicted molar refractivity (Wildman–Crippen MR) is 99.8 cm³/mol. The molecule has 148 valence electrons. The standard InChI is InChI=1S/C19H26N2O5S/c1-14-4-5-16(12-15(14)2)27(25,26)21-10-8-20(9-11-21)17(22)13-19(18(23)24)6-3-7-19/h4-5,12H,3,6-11,13H2,1-2H3,(H,23,24). The lowest BCUT2D eigenvalue weighted by molar-refractivity contribution is -0.159. The minimum absolute atomic E-state index is 0.00619. The largest absolute Gasteiger partial charge is 0.481 e. The molecule has 0 unspecified atom stereocenters. The van der Waals surface area contributed by atoms with Crippen molar-refractivity contribution in [3.8, 4) is 0 Å². The molecule has 0 bridgehead atoms. The summed E-state index contributed by atoms with van der Waals surface area (Å²) >= 11 is 0. The van der Waals surface area contributed by atoms with E-state index >= 15 is 0 Å². The van der Waals surface area contributed by atoms with Crippen molar-refractivity contribution in [2.45, 2.75) is 44.4 Å². The van der Waals surface area contributed by atoms with Crippen LogP contribution in [0.5, 0.6) is 0 Å². The maximum absolute atomic E-state index is 12.8. The third kappa shape index (κ3) is 3.73. The van der Waals surface area contributed by atoms with Crippen LogP contribution in [0.3, 0.4) is 0 Å². The minimum atomic E-state index is -3.59. The summed E-state index contributed by atoms with van der Waals surface area (Å²) in [5, 5.41) is 9.39. The van der Waals surface area contributed by atoms with E-state index in [9.17, 15) is 23.1 Å². The molecule has 0 radical (unpaired) electrons. The molecule has 3 rings (SSSR count). The van der Waals surface area contributed by atoms with Crippen molar-refractivity contribution in [3.63, 3.8) is 0 Å². The number of nitrogens with zero attached hydrogens (tertiary/aromatic N) is 2. The summed E-state index contributed by atoms with van der Waals surface area (Å²) in [6.07, 6.45) is 1.91. The van der Waals surface area contributed by atoms with Crippen molar-refractivity contribution in [3.05, 3.63) is 29.3 Å². The summed E-state index contributed by atoms with van der Waals surface area (Å²) < 4.78 is 27.1. The topological polar surface area (TPSA) is 95.0 Å². The van der Waals surface area contributed by atoms with Gasteiger partial charge in [-0.25, -0.2) is 8.42 Å². The molecule has 2 fully saturated rings. The maximum Gasteiger partial charge on any atom is 0.310 e. The van der Waals surface area contributed by atoms with Gasteiger partial charge in [0.2, 0.25) is 15.9 Å². The van der Waals surface area contributed by atoms with E-state index in [-0.39, 0.29) is 30.3 Å². The molecule has 2 aliphatic rings. The number of carboxylic acids is 1. The number of sulfonamides is 1. The molecule has 0 aromatic heterocycles. The van der Waals surface area contributed by atoms with Gasteiger partial charge in [0.05, 0.1) is 10.3 Å². The number of aliphatic carboxylic acids is 1. The van der Waals surface area contributed by atoms with E-state index in [0.29, 0.717) is 25.9 Å². The third-order valence-electron chi connectivity index (χ3n) is 5.96. The van der Waals surface area contributed by atoms with Gasteiger partial charge in [0.1, 0.15) is 0 Å². The number of piperazine rings is 1.